The van der Waals surface area contributed by atoms with Gasteiger partial charge in [0.15, 0.2) is 6.10 Å². The molecule has 3 rings (SSSR count). The highest BCUT2D eigenvalue weighted by molar-refractivity contribution is 5.83. The maximum atomic E-state index is 12.7. The molecule has 2 heterocycles. The van der Waals surface area contributed by atoms with Gasteiger partial charge in [0.05, 0.1) is 6.54 Å². The summed E-state index contributed by atoms with van der Waals surface area (Å²) in [7, 11) is 0. The monoisotopic (exact) mass is 345 g/mol. The average Bonchev–Trinajstić information content (AvgIpc) is 3.06. The van der Waals surface area contributed by atoms with Crippen LogP contribution in [0.1, 0.15) is 25.3 Å². The number of carbonyl (C=O) groups is 2. The van der Waals surface area contributed by atoms with Crippen LogP contribution in [0.25, 0.3) is 0 Å². The molecule has 6 nitrogen and oxygen atoms in total. The number of fused-ring (bicyclic) bond motifs is 1. The van der Waals surface area contributed by atoms with E-state index in [-0.39, 0.29) is 11.8 Å². The van der Waals surface area contributed by atoms with Gasteiger partial charge in [-0.15, -0.1) is 0 Å². The van der Waals surface area contributed by atoms with Gasteiger partial charge in [-0.3, -0.25) is 14.5 Å². The van der Waals surface area contributed by atoms with Crippen LogP contribution in [0.4, 0.5) is 0 Å². The summed E-state index contributed by atoms with van der Waals surface area (Å²) >= 11 is 0. The Morgan fingerprint density at radius 1 is 1.20 bits per heavy atom. The predicted octanol–water partition coefficient (Wildman–Crippen LogP) is 1.05. The summed E-state index contributed by atoms with van der Waals surface area (Å²) < 4.78 is 5.80. The number of hydrogen-bond acceptors (Lipinski definition) is 4. The third-order valence-electron chi connectivity index (χ3n) is 4.83. The number of para-hydroxylation sites is 1. The lowest BCUT2D eigenvalue weighted by molar-refractivity contribution is -0.139. The maximum absolute atomic E-state index is 12.7. The van der Waals surface area contributed by atoms with Crippen molar-refractivity contribution in [3.05, 3.63) is 29.8 Å². The molecule has 2 aliphatic rings. The Kier molecular flexibility index (Phi) is 5.91. The lowest BCUT2D eigenvalue weighted by atomic mass is 10.1. The third kappa shape index (κ3) is 4.51. The Labute approximate surface area is 149 Å². The first-order chi connectivity index (χ1) is 12.2. The van der Waals surface area contributed by atoms with E-state index < -0.39 is 6.10 Å². The topological polar surface area (TPSA) is 61.9 Å². The van der Waals surface area contributed by atoms with E-state index in [0.29, 0.717) is 26.1 Å². The molecule has 6 heteroatoms. The fourth-order valence-corrected chi connectivity index (χ4v) is 3.31. The molecule has 2 amide bonds. The standard InChI is InChI=1S/C19H27N3O3/c1-2-3-8-20-18(23)14-21-9-11-22(12-10-21)19(24)17-13-15-6-4-5-7-16(15)25-17/h4-7,17H,2-3,8-14H2,1H3,(H,20,23)/t17-/m0/s1. The van der Waals surface area contributed by atoms with Crippen LogP contribution >= 0.6 is 0 Å². The van der Waals surface area contributed by atoms with Crippen LogP contribution in [0.15, 0.2) is 24.3 Å². The van der Waals surface area contributed by atoms with Gasteiger partial charge >= 0.3 is 0 Å². The normalized spacial score (nSPS) is 20.0. The minimum Gasteiger partial charge on any atom is -0.480 e. The highest BCUT2D eigenvalue weighted by Gasteiger charge is 2.33. The van der Waals surface area contributed by atoms with Gasteiger partial charge in [0.25, 0.3) is 5.91 Å². The highest BCUT2D eigenvalue weighted by Crippen LogP contribution is 2.29. The van der Waals surface area contributed by atoms with Crippen LogP contribution in [0.2, 0.25) is 0 Å². The Hall–Kier alpha value is -2.08. The highest BCUT2D eigenvalue weighted by atomic mass is 16.5. The Morgan fingerprint density at radius 3 is 2.68 bits per heavy atom. The van der Waals surface area contributed by atoms with Crippen molar-refractivity contribution in [2.24, 2.45) is 0 Å². The van der Waals surface area contributed by atoms with Crippen molar-refractivity contribution in [3.63, 3.8) is 0 Å². The molecular weight excluding hydrogens is 318 g/mol. The molecule has 1 aromatic rings. The first-order valence-corrected chi connectivity index (χ1v) is 9.19. The van der Waals surface area contributed by atoms with Crippen LogP contribution in [-0.4, -0.2) is 67.0 Å². The van der Waals surface area contributed by atoms with E-state index in [2.05, 4.69) is 17.1 Å². The second-order valence-electron chi connectivity index (χ2n) is 6.72. The van der Waals surface area contributed by atoms with Crippen LogP contribution in [0.3, 0.4) is 0 Å². The molecule has 0 saturated carbocycles. The quantitative estimate of drug-likeness (QED) is 0.783. The first kappa shape index (κ1) is 17.7. The maximum Gasteiger partial charge on any atom is 0.264 e. The predicted molar refractivity (Wildman–Crippen MR) is 95.5 cm³/mol. The van der Waals surface area contributed by atoms with Crippen LogP contribution in [0, 0.1) is 0 Å². The number of unbranched alkanes of at least 4 members (excludes halogenated alkanes) is 1. The summed E-state index contributed by atoms with van der Waals surface area (Å²) in [6, 6.07) is 7.82. The smallest absolute Gasteiger partial charge is 0.264 e. The van der Waals surface area contributed by atoms with Gasteiger partial charge in [-0.25, -0.2) is 0 Å². The van der Waals surface area contributed by atoms with Crippen molar-refractivity contribution in [3.8, 4) is 5.75 Å². The molecule has 0 unspecified atom stereocenters. The summed E-state index contributed by atoms with van der Waals surface area (Å²) in [6.45, 7) is 6.02. The molecule has 0 aromatic heterocycles. The van der Waals surface area contributed by atoms with E-state index in [1.54, 1.807) is 0 Å². The summed E-state index contributed by atoms with van der Waals surface area (Å²) in [6.07, 6.45) is 2.34. The molecule has 0 aliphatic carbocycles. The molecule has 1 fully saturated rings. The Balaban J connectivity index is 1.42. The van der Waals surface area contributed by atoms with Gasteiger partial charge in [0, 0.05) is 39.1 Å². The number of nitrogens with zero attached hydrogens (tertiary/aromatic N) is 2. The number of piperazine rings is 1. The fourth-order valence-electron chi connectivity index (χ4n) is 3.31. The average molecular weight is 345 g/mol. The zero-order valence-electron chi connectivity index (χ0n) is 14.9. The van der Waals surface area contributed by atoms with Crippen molar-refractivity contribution >= 4 is 11.8 Å². The van der Waals surface area contributed by atoms with Gasteiger partial charge in [0.2, 0.25) is 5.91 Å². The molecule has 25 heavy (non-hydrogen) atoms. The second-order valence-corrected chi connectivity index (χ2v) is 6.72. The molecule has 0 spiro atoms. The number of carbonyl (C=O) groups excluding carboxylic acids is 2. The Morgan fingerprint density at radius 2 is 1.96 bits per heavy atom. The molecule has 1 N–H and O–H groups in total. The van der Waals surface area contributed by atoms with Crippen LogP contribution in [0.5, 0.6) is 5.75 Å². The summed E-state index contributed by atoms with van der Waals surface area (Å²) in [5, 5.41) is 2.94. The minimum atomic E-state index is -0.402. The van der Waals surface area contributed by atoms with Crippen LogP contribution in [-0.2, 0) is 16.0 Å². The van der Waals surface area contributed by atoms with E-state index in [4.69, 9.17) is 4.74 Å². The van der Waals surface area contributed by atoms with Gasteiger partial charge in [-0.1, -0.05) is 31.5 Å². The van der Waals surface area contributed by atoms with Crippen molar-refractivity contribution in [2.75, 3.05) is 39.3 Å². The largest absolute Gasteiger partial charge is 0.480 e. The fraction of sp³-hybridized carbons (Fsp3) is 0.579. The first-order valence-electron chi connectivity index (χ1n) is 9.19. The Bertz CT molecular complexity index is 587. The minimum absolute atomic E-state index is 0.0586. The van der Waals surface area contributed by atoms with Crippen molar-refractivity contribution in [1.82, 2.24) is 15.1 Å². The van der Waals surface area contributed by atoms with Crippen molar-refractivity contribution in [2.45, 2.75) is 32.3 Å². The molecular formula is C19H27N3O3. The van der Waals surface area contributed by atoms with E-state index in [1.165, 1.54) is 0 Å². The number of nitrogens with one attached hydrogen (secondary N) is 1. The molecule has 1 aromatic carbocycles. The number of ether oxygens (including phenoxy) is 1. The number of amides is 2. The summed E-state index contributed by atoms with van der Waals surface area (Å²) in [4.78, 5) is 28.5. The molecule has 0 radical (unpaired) electrons. The van der Waals surface area contributed by atoms with E-state index >= 15 is 0 Å². The number of hydrogen-bond donors (Lipinski definition) is 1. The molecule has 2 aliphatic heterocycles. The summed E-state index contributed by atoms with van der Waals surface area (Å²) in [5.41, 5.74) is 1.10. The van der Waals surface area contributed by atoms with Crippen molar-refractivity contribution < 1.29 is 14.3 Å². The lowest BCUT2D eigenvalue weighted by Gasteiger charge is -2.35. The molecule has 1 saturated heterocycles. The van der Waals surface area contributed by atoms with E-state index in [9.17, 15) is 9.59 Å². The molecule has 0 bridgehead atoms. The zero-order chi connectivity index (χ0) is 17.6. The van der Waals surface area contributed by atoms with E-state index in [0.717, 1.165) is 43.8 Å². The zero-order valence-corrected chi connectivity index (χ0v) is 14.9. The van der Waals surface area contributed by atoms with Crippen LogP contribution < -0.4 is 10.1 Å². The SMILES string of the molecule is CCCCNC(=O)CN1CCN(C(=O)[C@@H]2Cc3ccccc3O2)CC1. The van der Waals surface area contributed by atoms with Gasteiger partial charge < -0.3 is 15.0 Å². The lowest BCUT2D eigenvalue weighted by Crippen LogP contribution is -2.53. The number of benzene rings is 1. The van der Waals surface area contributed by atoms with Crippen molar-refractivity contribution in [1.29, 1.82) is 0 Å². The second kappa shape index (κ2) is 8.34. The van der Waals surface area contributed by atoms with E-state index in [1.807, 2.05) is 29.2 Å². The van der Waals surface area contributed by atoms with Gasteiger partial charge in [-0.05, 0) is 18.1 Å². The molecule has 136 valence electrons. The summed E-state index contributed by atoms with van der Waals surface area (Å²) in [5.74, 6) is 0.953. The number of rotatable bonds is 6. The third-order valence-corrected chi connectivity index (χ3v) is 4.83. The van der Waals surface area contributed by atoms with Gasteiger partial charge in [-0.2, -0.15) is 0 Å². The van der Waals surface area contributed by atoms with Gasteiger partial charge in [0.1, 0.15) is 5.75 Å². The molecule has 1 atom stereocenters.